The first kappa shape index (κ1) is 24.5. The number of halogens is 1. The Balaban J connectivity index is 1.56. The topological polar surface area (TPSA) is 117 Å². The Kier molecular flexibility index (Phi) is 7.52. The van der Waals surface area contributed by atoms with Gasteiger partial charge in [-0.1, -0.05) is 35.9 Å². The van der Waals surface area contributed by atoms with Crippen molar-refractivity contribution in [2.45, 2.75) is 13.0 Å². The average molecular weight is 500 g/mol. The molecule has 2 aromatic carbocycles. The summed E-state index contributed by atoms with van der Waals surface area (Å²) in [6, 6.07) is 12.5. The van der Waals surface area contributed by atoms with Crippen LogP contribution in [-0.4, -0.2) is 61.2 Å². The van der Waals surface area contributed by atoms with Crippen molar-refractivity contribution < 1.29 is 19.2 Å². The number of nitro benzene ring substituents is 1. The average Bonchev–Trinajstić information content (AvgIpc) is 2.84. The molecular weight excluding hydrogens is 474 g/mol. The molecule has 2 aliphatic rings. The summed E-state index contributed by atoms with van der Waals surface area (Å²) in [5.41, 5.74) is 2.19. The van der Waals surface area contributed by atoms with E-state index in [9.17, 15) is 19.7 Å². The number of amides is 2. The summed E-state index contributed by atoms with van der Waals surface area (Å²) in [6.45, 7) is 4.59. The van der Waals surface area contributed by atoms with Gasteiger partial charge in [-0.3, -0.25) is 15.0 Å². The molecule has 2 aliphatic heterocycles. The first-order chi connectivity index (χ1) is 16.9. The van der Waals surface area contributed by atoms with Crippen LogP contribution in [-0.2, 0) is 9.53 Å². The van der Waals surface area contributed by atoms with Gasteiger partial charge in [0, 0.05) is 49.5 Å². The van der Waals surface area contributed by atoms with E-state index in [1.54, 1.807) is 49.4 Å². The van der Waals surface area contributed by atoms with E-state index in [2.05, 4.69) is 15.5 Å². The minimum Gasteiger partial charge on any atom is -0.463 e. The predicted octanol–water partition coefficient (Wildman–Crippen LogP) is 3.24. The van der Waals surface area contributed by atoms with Gasteiger partial charge in [-0.25, -0.2) is 9.59 Å². The predicted molar refractivity (Wildman–Crippen MR) is 131 cm³/mol. The number of esters is 1. The summed E-state index contributed by atoms with van der Waals surface area (Å²) in [6.07, 6.45) is 0. The molecule has 0 spiro atoms. The minimum atomic E-state index is -0.677. The number of urea groups is 1. The summed E-state index contributed by atoms with van der Waals surface area (Å²) >= 11 is 6.02. The van der Waals surface area contributed by atoms with Gasteiger partial charge in [0.2, 0.25) is 0 Å². The molecule has 184 valence electrons. The minimum absolute atomic E-state index is 0.0738. The maximum absolute atomic E-state index is 13.0. The fourth-order valence-corrected chi connectivity index (χ4v) is 4.48. The van der Waals surface area contributed by atoms with Crippen molar-refractivity contribution in [3.63, 3.8) is 0 Å². The molecule has 2 amide bonds. The van der Waals surface area contributed by atoms with Crippen LogP contribution in [0.25, 0.3) is 0 Å². The van der Waals surface area contributed by atoms with Gasteiger partial charge in [0.1, 0.15) is 5.69 Å². The van der Waals surface area contributed by atoms with Crippen LogP contribution in [0.5, 0.6) is 0 Å². The van der Waals surface area contributed by atoms with Gasteiger partial charge in [-0.2, -0.15) is 0 Å². The van der Waals surface area contributed by atoms with E-state index in [0.29, 0.717) is 60.3 Å². The first-order valence-corrected chi connectivity index (χ1v) is 11.7. The Labute approximate surface area is 207 Å². The molecule has 0 bridgehead atoms. The van der Waals surface area contributed by atoms with Gasteiger partial charge < -0.3 is 20.3 Å². The zero-order valence-electron chi connectivity index (χ0n) is 19.2. The number of hydrogen-bond acceptors (Lipinski definition) is 7. The summed E-state index contributed by atoms with van der Waals surface area (Å²) in [5, 5.41) is 17.6. The molecule has 1 saturated heterocycles. The van der Waals surface area contributed by atoms with Crippen LogP contribution in [0.2, 0.25) is 5.02 Å². The van der Waals surface area contributed by atoms with E-state index in [4.69, 9.17) is 16.3 Å². The molecule has 1 fully saturated rings. The van der Waals surface area contributed by atoms with Crippen LogP contribution in [0.15, 0.2) is 59.8 Å². The molecule has 1 unspecified atom stereocenters. The number of rotatable bonds is 7. The highest BCUT2D eigenvalue weighted by Gasteiger charge is 2.35. The van der Waals surface area contributed by atoms with Gasteiger partial charge in [0.15, 0.2) is 0 Å². The van der Waals surface area contributed by atoms with Crippen molar-refractivity contribution in [3.8, 4) is 0 Å². The smallest absolute Gasteiger partial charge is 0.338 e. The van der Waals surface area contributed by atoms with Crippen molar-refractivity contribution in [1.29, 1.82) is 0 Å². The Morgan fingerprint density at radius 1 is 1.14 bits per heavy atom. The standard InChI is InChI=1S/C24H26ClN5O5/c1-2-35-23(31)21-18(26-24(32)27-22(21)16-7-9-17(25)10-8-16)15-28-11-13-29(14-12-28)19-5-3-4-6-20(19)30(33)34/h3-10,22H,2,11-15H2,1H3,(H2,26,27,32). The van der Waals surface area contributed by atoms with Gasteiger partial charge >= 0.3 is 12.0 Å². The summed E-state index contributed by atoms with van der Waals surface area (Å²) < 4.78 is 5.32. The van der Waals surface area contributed by atoms with E-state index in [0.717, 1.165) is 0 Å². The van der Waals surface area contributed by atoms with Crippen LogP contribution in [0.1, 0.15) is 18.5 Å². The monoisotopic (exact) mass is 499 g/mol. The molecule has 0 aliphatic carbocycles. The fourth-order valence-electron chi connectivity index (χ4n) is 4.35. The number of carbonyl (C=O) groups excluding carboxylic acids is 2. The molecule has 35 heavy (non-hydrogen) atoms. The summed E-state index contributed by atoms with van der Waals surface area (Å²) in [7, 11) is 0. The second kappa shape index (κ2) is 10.7. The zero-order valence-corrected chi connectivity index (χ0v) is 20.0. The number of anilines is 1. The van der Waals surface area contributed by atoms with Crippen molar-refractivity contribution >= 4 is 35.0 Å². The lowest BCUT2D eigenvalue weighted by atomic mass is 9.95. The SMILES string of the molecule is CCOC(=O)C1=C(CN2CCN(c3ccccc3[N+](=O)[O-])CC2)NC(=O)NC1c1ccc(Cl)cc1. The van der Waals surface area contributed by atoms with Crippen molar-refractivity contribution in [2.24, 2.45) is 0 Å². The lowest BCUT2D eigenvalue weighted by Crippen LogP contribution is -2.51. The second-order valence-electron chi connectivity index (χ2n) is 8.20. The second-order valence-corrected chi connectivity index (χ2v) is 8.64. The summed E-state index contributed by atoms with van der Waals surface area (Å²) in [4.78, 5) is 40.6. The number of nitrogens with one attached hydrogen (secondary N) is 2. The lowest BCUT2D eigenvalue weighted by molar-refractivity contribution is -0.384. The summed E-state index contributed by atoms with van der Waals surface area (Å²) in [5.74, 6) is -0.506. The Morgan fingerprint density at radius 2 is 1.83 bits per heavy atom. The number of nitrogens with zero attached hydrogens (tertiary/aromatic N) is 3. The normalized spacial score (nSPS) is 18.6. The number of piperazine rings is 1. The number of para-hydroxylation sites is 2. The van der Waals surface area contributed by atoms with E-state index >= 15 is 0 Å². The van der Waals surface area contributed by atoms with Crippen LogP contribution in [0.3, 0.4) is 0 Å². The number of ether oxygens (including phenoxy) is 1. The van der Waals surface area contributed by atoms with E-state index in [1.165, 1.54) is 6.07 Å². The molecule has 2 aromatic rings. The van der Waals surface area contributed by atoms with Gasteiger partial charge in [0.05, 0.1) is 23.1 Å². The maximum atomic E-state index is 13.0. The Morgan fingerprint density at radius 3 is 2.49 bits per heavy atom. The fraction of sp³-hybridized carbons (Fsp3) is 0.333. The van der Waals surface area contributed by atoms with Crippen LogP contribution < -0.4 is 15.5 Å². The Hall–Kier alpha value is -3.63. The molecule has 10 nitrogen and oxygen atoms in total. The molecule has 11 heteroatoms. The number of benzene rings is 2. The molecule has 0 aromatic heterocycles. The van der Waals surface area contributed by atoms with Crippen LogP contribution in [0.4, 0.5) is 16.2 Å². The van der Waals surface area contributed by atoms with Crippen LogP contribution in [0, 0.1) is 10.1 Å². The molecule has 0 saturated carbocycles. The highest BCUT2D eigenvalue weighted by molar-refractivity contribution is 6.30. The van der Waals surface area contributed by atoms with Crippen molar-refractivity contribution in [2.75, 3.05) is 44.2 Å². The third kappa shape index (κ3) is 5.55. The first-order valence-electron chi connectivity index (χ1n) is 11.3. The third-order valence-corrected chi connectivity index (χ3v) is 6.28. The van der Waals surface area contributed by atoms with Gasteiger partial charge in [-0.15, -0.1) is 0 Å². The molecule has 1 atom stereocenters. The highest BCUT2D eigenvalue weighted by atomic mass is 35.5. The van der Waals surface area contributed by atoms with E-state index in [-0.39, 0.29) is 17.2 Å². The van der Waals surface area contributed by atoms with Crippen molar-refractivity contribution in [1.82, 2.24) is 15.5 Å². The number of carbonyl (C=O) groups is 2. The van der Waals surface area contributed by atoms with Gasteiger partial charge in [0.25, 0.3) is 5.69 Å². The highest BCUT2D eigenvalue weighted by Crippen LogP contribution is 2.31. The molecule has 2 N–H and O–H groups in total. The maximum Gasteiger partial charge on any atom is 0.338 e. The Bertz CT molecular complexity index is 1150. The van der Waals surface area contributed by atoms with Crippen molar-refractivity contribution in [3.05, 3.63) is 80.5 Å². The third-order valence-electron chi connectivity index (χ3n) is 6.03. The zero-order chi connectivity index (χ0) is 24.9. The quantitative estimate of drug-likeness (QED) is 0.341. The number of hydrogen-bond donors (Lipinski definition) is 2. The molecule has 2 heterocycles. The van der Waals surface area contributed by atoms with E-state index in [1.807, 2.05) is 4.90 Å². The number of nitro groups is 1. The van der Waals surface area contributed by atoms with E-state index < -0.39 is 18.0 Å². The molecular formula is C24H26ClN5O5. The van der Waals surface area contributed by atoms with Gasteiger partial charge in [-0.05, 0) is 30.7 Å². The largest absolute Gasteiger partial charge is 0.463 e. The van der Waals surface area contributed by atoms with Crippen LogP contribution >= 0.6 is 11.6 Å². The lowest BCUT2D eigenvalue weighted by Gasteiger charge is -2.37. The molecule has 0 radical (unpaired) electrons. The molecule has 4 rings (SSSR count).